The van der Waals surface area contributed by atoms with Gasteiger partial charge in [0.05, 0.1) is 18.3 Å². The van der Waals surface area contributed by atoms with Crippen molar-refractivity contribution in [2.24, 2.45) is 44.7 Å². The maximum absolute atomic E-state index is 13.2. The van der Waals surface area contributed by atoms with E-state index in [-0.39, 0.29) is 34.8 Å². The number of rotatable bonds is 6. The zero-order valence-electron chi connectivity index (χ0n) is 22.8. The molecule has 38 heavy (non-hydrogen) atoms. The lowest BCUT2D eigenvalue weighted by molar-refractivity contribution is -0.230. The van der Waals surface area contributed by atoms with E-state index in [0.29, 0.717) is 44.4 Å². The van der Waals surface area contributed by atoms with Crippen LogP contribution in [-0.4, -0.2) is 84.3 Å². The molecule has 0 aromatic carbocycles. The number of guanidine groups is 1. The number of nitrogens with one attached hydrogen (secondary N) is 1. The highest BCUT2D eigenvalue weighted by Crippen LogP contribution is 2.85. The molecule has 0 aromatic heterocycles. The Balaban J connectivity index is 1.66. The molecule has 3 bridgehead atoms. The zero-order valence-corrected chi connectivity index (χ0v) is 22.8. The molecule has 8 unspecified atom stereocenters. The van der Waals surface area contributed by atoms with Gasteiger partial charge in [-0.05, 0) is 62.4 Å². The number of hydrogen-bond donors (Lipinski definition) is 5. The number of aliphatic hydroxyl groups is 2. The Morgan fingerprint density at radius 1 is 1.24 bits per heavy atom. The van der Waals surface area contributed by atoms with E-state index in [9.17, 15) is 20.1 Å². The van der Waals surface area contributed by atoms with Crippen LogP contribution >= 0.6 is 0 Å². The van der Waals surface area contributed by atoms with Crippen molar-refractivity contribution in [1.82, 2.24) is 10.2 Å². The second-order valence-electron chi connectivity index (χ2n) is 12.7. The van der Waals surface area contributed by atoms with E-state index in [1.54, 1.807) is 14.2 Å². The number of nitrogens with zero attached hydrogens (tertiary/aromatic N) is 2. The summed E-state index contributed by atoms with van der Waals surface area (Å²) in [4.78, 5) is 19.6. The third-order valence-corrected chi connectivity index (χ3v) is 11.9. The smallest absolute Gasteiger partial charge is 0.334 e. The second kappa shape index (κ2) is 9.04. The summed E-state index contributed by atoms with van der Waals surface area (Å²) in [6.07, 6.45) is 11.9. The van der Waals surface area contributed by atoms with Crippen molar-refractivity contribution in [3.63, 3.8) is 0 Å². The van der Waals surface area contributed by atoms with Crippen LogP contribution in [0.2, 0.25) is 0 Å². The van der Waals surface area contributed by atoms with E-state index >= 15 is 0 Å². The fourth-order valence-electron chi connectivity index (χ4n) is 11.0. The van der Waals surface area contributed by atoms with Crippen LogP contribution in [0.15, 0.2) is 28.4 Å². The van der Waals surface area contributed by atoms with Crippen LogP contribution in [0.1, 0.15) is 57.8 Å². The Labute approximate surface area is 225 Å². The van der Waals surface area contributed by atoms with Gasteiger partial charge in [0.1, 0.15) is 5.60 Å². The summed E-state index contributed by atoms with van der Waals surface area (Å²) in [6, 6.07) is 0. The number of carboxylic acids is 1. The van der Waals surface area contributed by atoms with Crippen LogP contribution in [-0.2, 0) is 9.53 Å². The number of methoxy groups -OCH3 is 1. The van der Waals surface area contributed by atoms with E-state index in [1.807, 2.05) is 0 Å². The van der Waals surface area contributed by atoms with Crippen LogP contribution in [0.5, 0.6) is 0 Å². The predicted molar refractivity (Wildman–Crippen MR) is 143 cm³/mol. The van der Waals surface area contributed by atoms with Crippen molar-refractivity contribution in [1.29, 1.82) is 0 Å². The highest BCUT2D eigenvalue weighted by Gasteiger charge is 2.84. The predicted octanol–water partition coefficient (Wildman–Crippen LogP) is 1.86. The molecule has 2 spiro atoms. The number of aliphatic imine (C=N–C) groups is 1. The molecule has 0 amide bonds. The van der Waals surface area contributed by atoms with Crippen molar-refractivity contribution in [3.8, 4) is 0 Å². The summed E-state index contributed by atoms with van der Waals surface area (Å²) in [5, 5.41) is 36.7. The van der Waals surface area contributed by atoms with Crippen LogP contribution in [0, 0.1) is 34.0 Å². The quantitative estimate of drug-likeness (QED) is 0.200. The molecule has 8 atom stereocenters. The lowest BCUT2D eigenvalue weighted by atomic mass is 9.34. The van der Waals surface area contributed by atoms with Gasteiger partial charge in [-0.1, -0.05) is 18.9 Å². The summed E-state index contributed by atoms with van der Waals surface area (Å²) in [6.45, 7) is 1.95. The summed E-state index contributed by atoms with van der Waals surface area (Å²) < 4.78 is 5.99. The number of hydrogen-bond acceptors (Lipinski definition) is 6. The van der Waals surface area contributed by atoms with Gasteiger partial charge >= 0.3 is 5.97 Å². The Bertz CT molecular complexity index is 1090. The first-order valence-corrected chi connectivity index (χ1v) is 14.5. The number of allylic oxidation sites excluding steroid dienone is 1. The molecule has 210 valence electrons. The Hall–Kier alpha value is -1.94. The summed E-state index contributed by atoms with van der Waals surface area (Å²) >= 11 is 0. The van der Waals surface area contributed by atoms with E-state index in [1.165, 1.54) is 0 Å². The van der Waals surface area contributed by atoms with Gasteiger partial charge in [0.15, 0.2) is 5.96 Å². The molecule has 6 N–H and O–H groups in total. The molecule has 0 aromatic rings. The average Bonchev–Trinajstić information content (AvgIpc) is 3.26. The molecular formula is C29H44N4O5. The fourth-order valence-corrected chi connectivity index (χ4v) is 11.0. The van der Waals surface area contributed by atoms with Crippen molar-refractivity contribution >= 4 is 11.9 Å². The molecule has 6 aliphatic rings. The molecule has 1 heterocycles. The number of aliphatic carboxylic acids is 1. The van der Waals surface area contributed by atoms with E-state index in [0.717, 1.165) is 50.5 Å². The summed E-state index contributed by atoms with van der Waals surface area (Å²) in [5.41, 5.74) is 5.15. The van der Waals surface area contributed by atoms with E-state index in [2.05, 4.69) is 27.5 Å². The van der Waals surface area contributed by atoms with Gasteiger partial charge in [0.25, 0.3) is 0 Å². The van der Waals surface area contributed by atoms with Crippen molar-refractivity contribution in [2.45, 2.75) is 69.5 Å². The summed E-state index contributed by atoms with van der Waals surface area (Å²) in [5.74, 6) is -0.161. The molecule has 1 aliphatic heterocycles. The first kappa shape index (κ1) is 26.3. The van der Waals surface area contributed by atoms with Gasteiger partial charge in [0, 0.05) is 62.2 Å². The molecule has 4 fully saturated rings. The standard InChI is InChI=1S/C29H44N4O5/c1-31-25(30)33-13-11-26(16-32-12-14-34)10-9-21-28-18-5-3-4-6-22(38-2)29(21,37)23(24(35)36)20(28)15-19(8-7-18)27(26,28)17-33/h11,13,18-19,21-22,32,34,37H,3-10,12,14-17H2,1-2H3,(H2,30,31)(H,35,36). The van der Waals surface area contributed by atoms with Crippen LogP contribution < -0.4 is 11.1 Å². The fraction of sp³-hybridized carbons (Fsp3) is 0.793. The van der Waals surface area contributed by atoms with Gasteiger partial charge < -0.3 is 36.0 Å². The lowest BCUT2D eigenvalue weighted by Gasteiger charge is -2.71. The third kappa shape index (κ3) is 2.91. The maximum atomic E-state index is 13.2. The van der Waals surface area contributed by atoms with Gasteiger partial charge in [-0.2, -0.15) is 0 Å². The molecule has 6 rings (SSSR count). The molecule has 9 heteroatoms. The number of aliphatic hydroxyl groups excluding tert-OH is 1. The van der Waals surface area contributed by atoms with Gasteiger partial charge in [0.2, 0.25) is 0 Å². The van der Waals surface area contributed by atoms with E-state index in [4.69, 9.17) is 10.5 Å². The largest absolute Gasteiger partial charge is 0.478 e. The molecule has 0 radical (unpaired) electrons. The normalized spacial score (nSPS) is 45.5. The van der Waals surface area contributed by atoms with Gasteiger partial charge in [-0.15, -0.1) is 0 Å². The SMILES string of the molecule is CN=C(N)N1C=CC2(CNCCO)CCC3C4(O)C(C(=O)O)=C5CC6CCC(CCCCC4OC)C53C62C1. The summed E-state index contributed by atoms with van der Waals surface area (Å²) in [7, 11) is 3.34. The minimum absolute atomic E-state index is 0.0672. The number of ether oxygens (including phenoxy) is 1. The number of carboxylic acid groups (broad SMARTS) is 1. The van der Waals surface area contributed by atoms with Gasteiger partial charge in [-0.3, -0.25) is 4.99 Å². The zero-order chi connectivity index (χ0) is 26.9. The van der Waals surface area contributed by atoms with Crippen LogP contribution in [0.25, 0.3) is 0 Å². The third-order valence-electron chi connectivity index (χ3n) is 11.9. The average molecular weight is 529 g/mol. The topological polar surface area (TPSA) is 141 Å². The van der Waals surface area contributed by atoms with Gasteiger partial charge in [-0.25, -0.2) is 4.79 Å². The highest BCUT2D eigenvalue weighted by molar-refractivity contribution is 5.92. The molecule has 5 aliphatic carbocycles. The minimum Gasteiger partial charge on any atom is -0.478 e. The van der Waals surface area contributed by atoms with Crippen molar-refractivity contribution < 1.29 is 24.9 Å². The maximum Gasteiger partial charge on any atom is 0.334 e. The lowest BCUT2D eigenvalue weighted by Crippen LogP contribution is -2.72. The monoisotopic (exact) mass is 528 g/mol. The van der Waals surface area contributed by atoms with Crippen LogP contribution in [0.4, 0.5) is 0 Å². The van der Waals surface area contributed by atoms with Crippen molar-refractivity contribution in [2.75, 3.05) is 40.4 Å². The number of carbonyl (C=O) groups is 1. The Kier molecular flexibility index (Phi) is 6.26. The Morgan fingerprint density at radius 3 is 2.71 bits per heavy atom. The Morgan fingerprint density at radius 2 is 2.00 bits per heavy atom. The van der Waals surface area contributed by atoms with Crippen LogP contribution in [0.3, 0.4) is 0 Å². The molecular weight excluding hydrogens is 484 g/mol. The first-order valence-electron chi connectivity index (χ1n) is 14.5. The number of nitrogens with two attached hydrogens (primary N) is 1. The molecule has 4 saturated carbocycles. The molecule has 9 nitrogen and oxygen atoms in total. The van der Waals surface area contributed by atoms with E-state index < -0.39 is 23.1 Å². The first-order chi connectivity index (χ1) is 18.3. The molecule has 0 saturated heterocycles. The second-order valence-corrected chi connectivity index (χ2v) is 12.7. The van der Waals surface area contributed by atoms with Crippen molar-refractivity contribution in [3.05, 3.63) is 23.4 Å². The highest BCUT2D eigenvalue weighted by atomic mass is 16.5. The minimum atomic E-state index is -1.52.